The monoisotopic (exact) mass is 379 g/mol. The summed E-state index contributed by atoms with van der Waals surface area (Å²) in [6.07, 6.45) is 1.81. The van der Waals surface area contributed by atoms with Crippen LogP contribution in [0.25, 0.3) is 0 Å². The molecule has 0 radical (unpaired) electrons. The number of nitrogens with one attached hydrogen (secondary N) is 2. The Kier molecular flexibility index (Phi) is 4.73. The predicted octanol–water partition coefficient (Wildman–Crippen LogP) is 2.71. The lowest BCUT2D eigenvalue weighted by atomic mass is 10.1. The number of carbonyl (C=O) groups is 3. The Morgan fingerprint density at radius 2 is 2.11 bits per heavy atom. The van der Waals surface area contributed by atoms with Crippen molar-refractivity contribution in [2.45, 2.75) is 25.8 Å². The minimum absolute atomic E-state index is 0.0481. The normalized spacial score (nSPS) is 17.4. The summed E-state index contributed by atoms with van der Waals surface area (Å²) in [7, 11) is 0. The van der Waals surface area contributed by atoms with Crippen LogP contribution >= 0.6 is 0 Å². The van der Waals surface area contributed by atoms with Gasteiger partial charge in [-0.25, -0.2) is 4.79 Å². The molecule has 2 aliphatic rings. The van der Waals surface area contributed by atoms with Crippen molar-refractivity contribution in [2.24, 2.45) is 0 Å². The van der Waals surface area contributed by atoms with Gasteiger partial charge < -0.3 is 20.3 Å². The summed E-state index contributed by atoms with van der Waals surface area (Å²) in [4.78, 5) is 38.6. The van der Waals surface area contributed by atoms with E-state index in [1.807, 2.05) is 31.2 Å². The molecular formula is C21H21N3O4. The zero-order chi connectivity index (χ0) is 19.7. The third-order valence-electron chi connectivity index (χ3n) is 4.99. The van der Waals surface area contributed by atoms with Gasteiger partial charge in [0.25, 0.3) is 5.91 Å². The molecule has 4 rings (SSSR count). The molecule has 0 bridgehead atoms. The van der Waals surface area contributed by atoms with Gasteiger partial charge in [-0.1, -0.05) is 12.1 Å². The Morgan fingerprint density at radius 3 is 2.93 bits per heavy atom. The van der Waals surface area contributed by atoms with Crippen molar-refractivity contribution in [3.63, 3.8) is 0 Å². The maximum Gasteiger partial charge on any atom is 0.338 e. The maximum atomic E-state index is 12.3. The Hall–Kier alpha value is -3.35. The van der Waals surface area contributed by atoms with Crippen molar-refractivity contribution in [3.8, 4) is 0 Å². The molecule has 0 unspecified atom stereocenters. The highest BCUT2D eigenvalue weighted by Gasteiger charge is 2.36. The van der Waals surface area contributed by atoms with Gasteiger partial charge >= 0.3 is 5.97 Å². The van der Waals surface area contributed by atoms with Crippen LogP contribution in [0.1, 0.15) is 28.8 Å². The maximum absolute atomic E-state index is 12.3. The van der Waals surface area contributed by atoms with Gasteiger partial charge in [-0.15, -0.1) is 0 Å². The van der Waals surface area contributed by atoms with Gasteiger partial charge in [0.1, 0.15) is 6.04 Å². The van der Waals surface area contributed by atoms with E-state index in [2.05, 4.69) is 15.5 Å². The van der Waals surface area contributed by atoms with Crippen LogP contribution in [-0.2, 0) is 14.3 Å². The second kappa shape index (κ2) is 7.34. The molecule has 2 aliphatic heterocycles. The summed E-state index contributed by atoms with van der Waals surface area (Å²) >= 11 is 0. The SMILES string of the molecule is Cc1cccc(NC(=O)COC(=O)c2ccc3c(c2)NC(=O)[C@H]2CCCN32)c1. The van der Waals surface area contributed by atoms with E-state index in [0.29, 0.717) is 16.9 Å². The number of nitrogens with zero attached hydrogens (tertiary/aromatic N) is 1. The second-order valence-corrected chi connectivity index (χ2v) is 7.07. The lowest BCUT2D eigenvalue weighted by Gasteiger charge is -2.33. The summed E-state index contributed by atoms with van der Waals surface area (Å²) in [5, 5.41) is 5.55. The first kappa shape index (κ1) is 18.0. The van der Waals surface area contributed by atoms with Crippen LogP contribution in [0.2, 0.25) is 0 Å². The minimum atomic E-state index is -0.611. The molecule has 0 aromatic heterocycles. The average molecular weight is 379 g/mol. The van der Waals surface area contributed by atoms with E-state index in [4.69, 9.17) is 4.74 Å². The number of fused-ring (bicyclic) bond motifs is 3. The van der Waals surface area contributed by atoms with E-state index in [1.54, 1.807) is 18.2 Å². The van der Waals surface area contributed by atoms with E-state index in [0.717, 1.165) is 30.6 Å². The van der Waals surface area contributed by atoms with Crippen LogP contribution in [0.15, 0.2) is 42.5 Å². The van der Waals surface area contributed by atoms with Crippen molar-refractivity contribution < 1.29 is 19.1 Å². The Morgan fingerprint density at radius 1 is 1.25 bits per heavy atom. The van der Waals surface area contributed by atoms with Crippen molar-refractivity contribution in [1.82, 2.24) is 0 Å². The van der Waals surface area contributed by atoms with Crippen LogP contribution < -0.4 is 15.5 Å². The van der Waals surface area contributed by atoms with E-state index in [-0.39, 0.29) is 18.6 Å². The van der Waals surface area contributed by atoms with E-state index < -0.39 is 11.9 Å². The largest absolute Gasteiger partial charge is 0.452 e. The fourth-order valence-electron chi connectivity index (χ4n) is 3.69. The Balaban J connectivity index is 1.39. The highest BCUT2D eigenvalue weighted by Crippen LogP contribution is 2.37. The van der Waals surface area contributed by atoms with E-state index in [1.165, 1.54) is 0 Å². The topological polar surface area (TPSA) is 87.7 Å². The smallest absolute Gasteiger partial charge is 0.338 e. The highest BCUT2D eigenvalue weighted by molar-refractivity contribution is 6.05. The fraction of sp³-hybridized carbons (Fsp3) is 0.286. The molecule has 1 atom stereocenters. The summed E-state index contributed by atoms with van der Waals surface area (Å²) in [5.74, 6) is -1.07. The van der Waals surface area contributed by atoms with Crippen LogP contribution in [0.3, 0.4) is 0 Å². The fourth-order valence-corrected chi connectivity index (χ4v) is 3.69. The lowest BCUT2D eigenvalue weighted by molar-refractivity contribution is -0.119. The molecule has 1 saturated heterocycles. The number of hydrogen-bond acceptors (Lipinski definition) is 5. The average Bonchev–Trinajstić information content (AvgIpc) is 3.16. The molecule has 28 heavy (non-hydrogen) atoms. The number of amides is 2. The minimum Gasteiger partial charge on any atom is -0.452 e. The standard InChI is InChI=1S/C21H21N3O4/c1-13-4-2-5-15(10-13)22-19(25)12-28-21(27)14-7-8-17-16(11-14)23-20(26)18-6-3-9-24(17)18/h2,4-5,7-8,10-11,18H,3,6,9,12H2,1H3,(H,22,25)(H,23,26)/t18-/m1/s1. The molecule has 0 saturated carbocycles. The molecular weight excluding hydrogens is 358 g/mol. The first-order valence-electron chi connectivity index (χ1n) is 9.26. The molecule has 2 amide bonds. The van der Waals surface area contributed by atoms with Crippen molar-refractivity contribution in [3.05, 3.63) is 53.6 Å². The summed E-state index contributed by atoms with van der Waals surface area (Å²) in [6.45, 7) is 2.37. The van der Waals surface area contributed by atoms with Crippen LogP contribution in [0, 0.1) is 6.92 Å². The van der Waals surface area contributed by atoms with Crippen molar-refractivity contribution >= 4 is 34.8 Å². The van der Waals surface area contributed by atoms with E-state index in [9.17, 15) is 14.4 Å². The lowest BCUT2D eigenvalue weighted by Crippen LogP contribution is -2.43. The van der Waals surface area contributed by atoms with Gasteiger partial charge in [0.05, 0.1) is 16.9 Å². The molecule has 2 heterocycles. The molecule has 2 N–H and O–H groups in total. The predicted molar refractivity (Wildman–Crippen MR) is 106 cm³/mol. The number of anilines is 3. The first-order chi connectivity index (χ1) is 13.5. The summed E-state index contributed by atoms with van der Waals surface area (Å²) in [5.41, 5.74) is 3.47. The molecule has 0 aliphatic carbocycles. The molecule has 7 heteroatoms. The van der Waals surface area contributed by atoms with Gasteiger partial charge in [0.2, 0.25) is 5.91 Å². The third kappa shape index (κ3) is 3.55. The number of benzene rings is 2. The van der Waals surface area contributed by atoms with Crippen molar-refractivity contribution in [2.75, 3.05) is 28.7 Å². The first-order valence-corrected chi connectivity index (χ1v) is 9.26. The Bertz CT molecular complexity index is 956. The van der Waals surface area contributed by atoms with Crippen LogP contribution in [0.5, 0.6) is 0 Å². The molecule has 0 spiro atoms. The van der Waals surface area contributed by atoms with E-state index >= 15 is 0 Å². The molecule has 2 aromatic rings. The number of ether oxygens (including phenoxy) is 1. The van der Waals surface area contributed by atoms with Crippen LogP contribution in [-0.4, -0.2) is 37.0 Å². The summed E-state index contributed by atoms with van der Waals surface area (Å²) in [6, 6.07) is 12.3. The van der Waals surface area contributed by atoms with Gasteiger partial charge in [-0.05, 0) is 55.7 Å². The number of aryl methyl sites for hydroxylation is 1. The molecule has 1 fully saturated rings. The molecule has 7 nitrogen and oxygen atoms in total. The van der Waals surface area contributed by atoms with Crippen molar-refractivity contribution in [1.29, 1.82) is 0 Å². The quantitative estimate of drug-likeness (QED) is 0.798. The van der Waals surface area contributed by atoms with Gasteiger partial charge in [0, 0.05) is 12.2 Å². The number of carbonyl (C=O) groups excluding carboxylic acids is 3. The molecule has 2 aromatic carbocycles. The van der Waals surface area contributed by atoms with Gasteiger partial charge in [-0.2, -0.15) is 0 Å². The molecule has 144 valence electrons. The van der Waals surface area contributed by atoms with Crippen LogP contribution in [0.4, 0.5) is 17.1 Å². The highest BCUT2D eigenvalue weighted by atomic mass is 16.5. The Labute approximate surface area is 162 Å². The van der Waals surface area contributed by atoms with Gasteiger partial charge in [-0.3, -0.25) is 9.59 Å². The van der Waals surface area contributed by atoms with Gasteiger partial charge in [0.15, 0.2) is 6.61 Å². The zero-order valence-corrected chi connectivity index (χ0v) is 15.5. The second-order valence-electron chi connectivity index (χ2n) is 7.07. The third-order valence-corrected chi connectivity index (χ3v) is 4.99. The summed E-state index contributed by atoms with van der Waals surface area (Å²) < 4.78 is 5.12. The number of rotatable bonds is 4. The number of esters is 1. The zero-order valence-electron chi connectivity index (χ0n) is 15.5. The number of hydrogen-bond donors (Lipinski definition) is 2.